The molecule has 0 atom stereocenters. The van der Waals surface area contributed by atoms with Crippen LogP contribution in [0.15, 0.2) is 18.2 Å². The van der Waals surface area contributed by atoms with Crippen molar-refractivity contribution in [3.63, 3.8) is 0 Å². The molecule has 102 valence electrons. The van der Waals surface area contributed by atoms with Gasteiger partial charge in [-0.05, 0) is 55.5 Å². The molecule has 0 fully saturated rings. The summed E-state index contributed by atoms with van der Waals surface area (Å²) in [7, 11) is 0. The number of aromatic nitrogens is 1. The van der Waals surface area contributed by atoms with Gasteiger partial charge in [0.15, 0.2) is 0 Å². The van der Waals surface area contributed by atoms with E-state index in [0.717, 1.165) is 37.1 Å². The summed E-state index contributed by atoms with van der Waals surface area (Å²) >= 11 is 0. The number of hydrogen-bond acceptors (Lipinski definition) is 2. The summed E-state index contributed by atoms with van der Waals surface area (Å²) < 4.78 is 0. The average Bonchev–Trinajstić information content (AvgIpc) is 2.37. The first-order valence-electron chi connectivity index (χ1n) is 7.30. The highest BCUT2D eigenvalue weighted by Gasteiger charge is 2.08. The van der Waals surface area contributed by atoms with Crippen LogP contribution in [-0.2, 0) is 6.42 Å². The molecule has 0 aliphatic heterocycles. The Morgan fingerprint density at radius 2 is 1.84 bits per heavy atom. The van der Waals surface area contributed by atoms with E-state index in [-0.39, 0.29) is 0 Å². The van der Waals surface area contributed by atoms with Gasteiger partial charge in [-0.1, -0.05) is 26.3 Å². The third kappa shape index (κ3) is 3.06. The molecular weight excluding hydrogens is 232 g/mol. The molecule has 0 saturated carbocycles. The number of fused-ring (bicyclic) bond motifs is 1. The second-order valence-corrected chi connectivity index (χ2v) is 5.32. The molecule has 1 aromatic heterocycles. The number of nitrogens with zero attached hydrogens (tertiary/aromatic N) is 1. The molecule has 2 aromatic rings. The Balaban J connectivity index is 2.55. The Hall–Kier alpha value is -1.57. The van der Waals surface area contributed by atoms with Gasteiger partial charge in [-0.2, -0.15) is 0 Å². The Morgan fingerprint density at radius 3 is 2.53 bits per heavy atom. The normalized spacial score (nSPS) is 10.9. The lowest BCUT2D eigenvalue weighted by atomic mass is 10.0. The van der Waals surface area contributed by atoms with E-state index in [2.05, 4.69) is 51.2 Å². The minimum absolute atomic E-state index is 0.986. The number of anilines is 1. The third-order valence-electron chi connectivity index (χ3n) is 3.43. The zero-order chi connectivity index (χ0) is 13.8. The Bertz CT molecular complexity index is 573. The van der Waals surface area contributed by atoms with Gasteiger partial charge in [0.25, 0.3) is 0 Å². The van der Waals surface area contributed by atoms with Crippen molar-refractivity contribution in [2.24, 2.45) is 0 Å². The zero-order valence-electron chi connectivity index (χ0n) is 12.5. The van der Waals surface area contributed by atoms with Gasteiger partial charge in [0.05, 0.1) is 5.52 Å². The molecule has 0 aliphatic rings. The van der Waals surface area contributed by atoms with Gasteiger partial charge in [0.2, 0.25) is 0 Å². The monoisotopic (exact) mass is 256 g/mol. The summed E-state index contributed by atoms with van der Waals surface area (Å²) in [6.07, 6.45) is 3.36. The Kier molecular flexibility index (Phi) is 4.41. The molecule has 2 heteroatoms. The number of aryl methyl sites for hydroxylation is 3. The maximum Gasteiger partial charge on any atom is 0.129 e. The largest absolute Gasteiger partial charge is 0.370 e. The highest BCUT2D eigenvalue weighted by Crippen LogP contribution is 2.25. The average molecular weight is 256 g/mol. The van der Waals surface area contributed by atoms with Crippen molar-refractivity contribution in [3.05, 3.63) is 34.9 Å². The second kappa shape index (κ2) is 6.05. The van der Waals surface area contributed by atoms with E-state index < -0.39 is 0 Å². The van der Waals surface area contributed by atoms with Crippen LogP contribution in [0.5, 0.6) is 0 Å². The predicted octanol–water partition coefficient (Wildman–Crippen LogP) is 4.63. The molecule has 0 aliphatic carbocycles. The van der Waals surface area contributed by atoms with E-state index in [1.54, 1.807) is 0 Å². The van der Waals surface area contributed by atoms with Crippen molar-refractivity contribution >= 4 is 16.7 Å². The number of benzene rings is 1. The van der Waals surface area contributed by atoms with Crippen molar-refractivity contribution in [2.75, 3.05) is 11.9 Å². The van der Waals surface area contributed by atoms with Crippen LogP contribution >= 0.6 is 0 Å². The zero-order valence-corrected chi connectivity index (χ0v) is 12.5. The molecule has 1 aromatic carbocycles. The second-order valence-electron chi connectivity index (χ2n) is 5.32. The fourth-order valence-electron chi connectivity index (χ4n) is 2.53. The molecule has 1 heterocycles. The van der Waals surface area contributed by atoms with Crippen molar-refractivity contribution < 1.29 is 0 Å². The van der Waals surface area contributed by atoms with Crippen LogP contribution in [0, 0.1) is 13.8 Å². The first kappa shape index (κ1) is 13.9. The summed E-state index contributed by atoms with van der Waals surface area (Å²) in [6, 6.07) is 6.73. The molecule has 1 N–H and O–H groups in total. The molecule has 2 rings (SSSR count). The lowest BCUT2D eigenvalue weighted by molar-refractivity contribution is 0.906. The van der Waals surface area contributed by atoms with Crippen LogP contribution in [0.3, 0.4) is 0 Å². The van der Waals surface area contributed by atoms with Gasteiger partial charge in [0.1, 0.15) is 5.82 Å². The molecule has 19 heavy (non-hydrogen) atoms. The summed E-state index contributed by atoms with van der Waals surface area (Å²) in [6.45, 7) is 9.69. The van der Waals surface area contributed by atoms with E-state index in [4.69, 9.17) is 4.98 Å². The van der Waals surface area contributed by atoms with Gasteiger partial charge in [0, 0.05) is 11.9 Å². The fourth-order valence-corrected chi connectivity index (χ4v) is 2.53. The third-order valence-corrected chi connectivity index (χ3v) is 3.43. The van der Waals surface area contributed by atoms with Gasteiger partial charge in [-0.25, -0.2) is 4.98 Å². The molecule has 0 spiro atoms. The fraction of sp³-hybridized carbons (Fsp3) is 0.471. The van der Waals surface area contributed by atoms with Gasteiger partial charge < -0.3 is 5.32 Å². The minimum Gasteiger partial charge on any atom is -0.370 e. The van der Waals surface area contributed by atoms with E-state index in [1.807, 2.05) is 0 Å². The Morgan fingerprint density at radius 1 is 1.05 bits per heavy atom. The topological polar surface area (TPSA) is 24.9 Å². The van der Waals surface area contributed by atoms with Crippen LogP contribution in [0.1, 0.15) is 43.4 Å². The minimum atomic E-state index is 0.986. The lowest BCUT2D eigenvalue weighted by Crippen LogP contribution is -2.06. The first-order valence-corrected chi connectivity index (χ1v) is 7.30. The molecule has 2 nitrogen and oxygen atoms in total. The Labute approximate surface area is 116 Å². The van der Waals surface area contributed by atoms with E-state index in [0.29, 0.717) is 0 Å². The van der Waals surface area contributed by atoms with Gasteiger partial charge >= 0.3 is 0 Å². The highest BCUT2D eigenvalue weighted by molar-refractivity contribution is 5.85. The predicted molar refractivity (Wildman–Crippen MR) is 84.0 cm³/mol. The molecule has 0 amide bonds. The van der Waals surface area contributed by atoms with Crippen molar-refractivity contribution in [1.29, 1.82) is 0 Å². The number of pyridine rings is 1. The number of nitrogens with one attached hydrogen (secondary N) is 1. The van der Waals surface area contributed by atoms with Crippen molar-refractivity contribution in [3.8, 4) is 0 Å². The van der Waals surface area contributed by atoms with Crippen molar-refractivity contribution in [1.82, 2.24) is 4.98 Å². The van der Waals surface area contributed by atoms with Crippen LogP contribution in [0.25, 0.3) is 10.9 Å². The molecule has 0 saturated heterocycles. The van der Waals surface area contributed by atoms with Crippen LogP contribution in [-0.4, -0.2) is 11.5 Å². The van der Waals surface area contributed by atoms with Crippen LogP contribution < -0.4 is 5.32 Å². The van der Waals surface area contributed by atoms with E-state index in [9.17, 15) is 0 Å². The van der Waals surface area contributed by atoms with Crippen molar-refractivity contribution in [2.45, 2.75) is 47.0 Å². The number of hydrogen-bond donors (Lipinski definition) is 1. The standard InChI is InChI=1S/C17H24N2/c1-5-7-14-11-15-13(4)9-12(3)10-16(15)19-17(14)18-8-6-2/h9-11H,5-8H2,1-4H3,(H,18,19). The lowest BCUT2D eigenvalue weighted by Gasteiger charge is -2.13. The molecule has 0 bridgehead atoms. The highest BCUT2D eigenvalue weighted by atomic mass is 15.0. The number of rotatable bonds is 5. The quantitative estimate of drug-likeness (QED) is 0.844. The van der Waals surface area contributed by atoms with Gasteiger partial charge in [-0.15, -0.1) is 0 Å². The summed E-state index contributed by atoms with van der Waals surface area (Å²) in [4.78, 5) is 4.84. The molecular formula is C17H24N2. The summed E-state index contributed by atoms with van der Waals surface area (Å²) in [5, 5.41) is 4.76. The van der Waals surface area contributed by atoms with Gasteiger partial charge in [-0.3, -0.25) is 0 Å². The smallest absolute Gasteiger partial charge is 0.129 e. The van der Waals surface area contributed by atoms with Crippen LogP contribution in [0.2, 0.25) is 0 Å². The van der Waals surface area contributed by atoms with E-state index >= 15 is 0 Å². The summed E-state index contributed by atoms with van der Waals surface area (Å²) in [5.74, 6) is 1.07. The molecule has 0 radical (unpaired) electrons. The maximum absolute atomic E-state index is 4.84. The molecule has 0 unspecified atom stereocenters. The maximum atomic E-state index is 4.84. The first-order chi connectivity index (χ1) is 9.15. The summed E-state index contributed by atoms with van der Waals surface area (Å²) in [5.41, 5.74) is 5.05. The SMILES string of the molecule is CCCNc1nc2cc(C)cc(C)c2cc1CCC. The van der Waals surface area contributed by atoms with E-state index in [1.165, 1.54) is 22.1 Å². The van der Waals surface area contributed by atoms with Crippen LogP contribution in [0.4, 0.5) is 5.82 Å².